The standard InChI is InChI=1S/C30H31N2/c1-21-13-7-12-20-27(21)31-22(2)28-25-18-10-11-19-26(25)30(3,24-16-8-9-17-24)32(28)29(31)23-14-5-4-6-15-23/h4-7,10-15,18-20,24H,8-9,16-17H2,1-3H3/q+1. The first-order chi connectivity index (χ1) is 15.6. The van der Waals surface area contributed by atoms with Crippen molar-refractivity contribution in [2.75, 3.05) is 0 Å². The quantitative estimate of drug-likeness (QED) is 0.317. The van der Waals surface area contributed by atoms with Crippen molar-refractivity contribution in [3.8, 4) is 28.3 Å². The summed E-state index contributed by atoms with van der Waals surface area (Å²) in [6.45, 7) is 7.04. The Morgan fingerprint density at radius 1 is 0.812 bits per heavy atom. The van der Waals surface area contributed by atoms with Crippen LogP contribution in [-0.2, 0) is 5.54 Å². The number of aryl methyl sites for hydroxylation is 1. The summed E-state index contributed by atoms with van der Waals surface area (Å²) in [5, 5.41) is 0. The van der Waals surface area contributed by atoms with E-state index in [1.807, 2.05) is 0 Å². The maximum Gasteiger partial charge on any atom is 0.295 e. The second-order valence-corrected chi connectivity index (χ2v) is 9.76. The summed E-state index contributed by atoms with van der Waals surface area (Å²) in [5.74, 6) is 1.96. The fraction of sp³-hybridized carbons (Fsp3) is 0.300. The highest BCUT2D eigenvalue weighted by atomic mass is 15.2. The predicted octanol–water partition coefficient (Wildman–Crippen LogP) is 6.98. The predicted molar refractivity (Wildman–Crippen MR) is 131 cm³/mol. The van der Waals surface area contributed by atoms with Gasteiger partial charge in [-0.15, -0.1) is 0 Å². The molecule has 0 N–H and O–H groups in total. The molecule has 0 spiro atoms. The molecule has 2 heteroatoms. The molecule has 1 aromatic heterocycles. The molecule has 0 bridgehead atoms. The summed E-state index contributed by atoms with van der Waals surface area (Å²) in [4.78, 5) is 0. The number of rotatable bonds is 3. The zero-order valence-electron chi connectivity index (χ0n) is 19.3. The number of benzene rings is 3. The molecule has 2 heterocycles. The number of hydrogen-bond donors (Lipinski definition) is 0. The first kappa shape index (κ1) is 19.5. The van der Waals surface area contributed by atoms with Crippen LogP contribution in [-0.4, -0.2) is 4.57 Å². The zero-order valence-corrected chi connectivity index (χ0v) is 19.3. The SMILES string of the molecule is Cc1ccccc1-n1c(C)c2[n+](c1-c1ccccc1)C(C)(C1CCCC1)c1ccccc1-2. The third kappa shape index (κ3) is 2.56. The number of fused-ring (bicyclic) bond motifs is 3. The van der Waals surface area contributed by atoms with E-state index in [0.29, 0.717) is 5.92 Å². The van der Waals surface area contributed by atoms with Gasteiger partial charge in [0.05, 0.1) is 5.56 Å². The van der Waals surface area contributed by atoms with E-state index in [1.165, 1.54) is 70.8 Å². The van der Waals surface area contributed by atoms with Crippen molar-refractivity contribution in [3.63, 3.8) is 0 Å². The molecule has 0 amide bonds. The van der Waals surface area contributed by atoms with Crippen LogP contribution in [0.3, 0.4) is 0 Å². The average Bonchev–Trinajstić information content (AvgIpc) is 3.52. The van der Waals surface area contributed by atoms with Crippen LogP contribution in [0, 0.1) is 19.8 Å². The molecule has 32 heavy (non-hydrogen) atoms. The van der Waals surface area contributed by atoms with Crippen molar-refractivity contribution in [2.24, 2.45) is 5.92 Å². The Labute approximate surface area is 191 Å². The van der Waals surface area contributed by atoms with Crippen LogP contribution in [0.1, 0.15) is 49.4 Å². The minimum Gasteiger partial charge on any atom is -0.213 e. The van der Waals surface area contributed by atoms with E-state index < -0.39 is 0 Å². The van der Waals surface area contributed by atoms with Crippen LogP contribution in [0.2, 0.25) is 0 Å². The van der Waals surface area contributed by atoms with Crippen molar-refractivity contribution >= 4 is 0 Å². The summed E-state index contributed by atoms with van der Waals surface area (Å²) in [6.07, 6.45) is 5.30. The molecule has 2 aliphatic rings. The fourth-order valence-corrected chi connectivity index (χ4v) is 6.50. The van der Waals surface area contributed by atoms with Gasteiger partial charge in [-0.1, -0.05) is 73.5 Å². The average molecular weight is 420 g/mol. The van der Waals surface area contributed by atoms with Crippen molar-refractivity contribution in [1.29, 1.82) is 0 Å². The van der Waals surface area contributed by atoms with Gasteiger partial charge in [-0.25, -0.2) is 4.57 Å². The normalized spacial score (nSPS) is 19.8. The highest BCUT2D eigenvalue weighted by molar-refractivity contribution is 5.72. The van der Waals surface area contributed by atoms with E-state index in [0.717, 1.165) is 0 Å². The van der Waals surface area contributed by atoms with Gasteiger partial charge in [0, 0.05) is 24.0 Å². The number of imidazole rings is 1. The summed E-state index contributed by atoms with van der Waals surface area (Å²) >= 11 is 0. The lowest BCUT2D eigenvalue weighted by atomic mass is 9.78. The summed E-state index contributed by atoms with van der Waals surface area (Å²) < 4.78 is 5.23. The van der Waals surface area contributed by atoms with Crippen LogP contribution in [0.4, 0.5) is 0 Å². The second-order valence-electron chi connectivity index (χ2n) is 9.76. The van der Waals surface area contributed by atoms with Crippen molar-refractivity contribution in [3.05, 3.63) is 95.7 Å². The van der Waals surface area contributed by atoms with Gasteiger partial charge in [-0.2, -0.15) is 4.57 Å². The molecule has 1 atom stereocenters. The van der Waals surface area contributed by atoms with Gasteiger partial charge in [0.15, 0.2) is 11.4 Å². The lowest BCUT2D eigenvalue weighted by Crippen LogP contribution is -2.57. The van der Waals surface area contributed by atoms with E-state index in [4.69, 9.17) is 0 Å². The molecule has 0 saturated heterocycles. The van der Waals surface area contributed by atoms with Gasteiger partial charge < -0.3 is 0 Å². The highest BCUT2D eigenvalue weighted by Gasteiger charge is 2.54. The molecule has 1 unspecified atom stereocenters. The molecule has 3 aromatic carbocycles. The van der Waals surface area contributed by atoms with Crippen molar-refractivity contribution in [1.82, 2.24) is 4.57 Å². The Kier molecular flexibility index (Phi) is 4.40. The third-order valence-corrected chi connectivity index (χ3v) is 8.06. The van der Waals surface area contributed by atoms with E-state index in [1.54, 1.807) is 0 Å². The van der Waals surface area contributed by atoms with E-state index in [-0.39, 0.29) is 5.54 Å². The molecule has 1 fully saturated rings. The second kappa shape index (κ2) is 7.20. The smallest absolute Gasteiger partial charge is 0.213 e. The molecule has 1 aliphatic carbocycles. The topological polar surface area (TPSA) is 8.81 Å². The monoisotopic (exact) mass is 419 g/mol. The van der Waals surface area contributed by atoms with E-state index in [2.05, 4.69) is 109 Å². The van der Waals surface area contributed by atoms with Gasteiger partial charge in [0.1, 0.15) is 11.2 Å². The molecular formula is C30H31N2+. The summed E-state index contributed by atoms with van der Waals surface area (Å²) in [5.41, 5.74) is 9.44. The van der Waals surface area contributed by atoms with Gasteiger partial charge in [0.25, 0.3) is 5.82 Å². The lowest BCUT2D eigenvalue weighted by Gasteiger charge is -2.31. The lowest BCUT2D eigenvalue weighted by molar-refractivity contribution is -0.733. The summed E-state index contributed by atoms with van der Waals surface area (Å²) in [6, 6.07) is 28.9. The van der Waals surface area contributed by atoms with Crippen LogP contribution in [0.25, 0.3) is 28.3 Å². The van der Waals surface area contributed by atoms with Gasteiger partial charge >= 0.3 is 0 Å². The molecule has 1 saturated carbocycles. The summed E-state index contributed by atoms with van der Waals surface area (Å²) in [7, 11) is 0. The molecule has 4 aromatic rings. The van der Waals surface area contributed by atoms with E-state index in [9.17, 15) is 0 Å². The maximum atomic E-state index is 2.71. The minimum absolute atomic E-state index is 0.0354. The Morgan fingerprint density at radius 3 is 2.22 bits per heavy atom. The Hall–Kier alpha value is -3.13. The van der Waals surface area contributed by atoms with Crippen LogP contribution >= 0.6 is 0 Å². The molecular weight excluding hydrogens is 388 g/mol. The molecule has 1 aliphatic heterocycles. The largest absolute Gasteiger partial charge is 0.295 e. The first-order valence-corrected chi connectivity index (χ1v) is 12.0. The van der Waals surface area contributed by atoms with Gasteiger partial charge in [-0.05, 0) is 50.5 Å². The van der Waals surface area contributed by atoms with E-state index >= 15 is 0 Å². The first-order valence-electron chi connectivity index (χ1n) is 12.0. The Bertz CT molecular complexity index is 1310. The number of para-hydroxylation sites is 1. The zero-order chi connectivity index (χ0) is 21.9. The van der Waals surface area contributed by atoms with Crippen molar-refractivity contribution < 1.29 is 4.57 Å². The molecule has 0 radical (unpaired) electrons. The highest BCUT2D eigenvalue weighted by Crippen LogP contribution is 2.50. The van der Waals surface area contributed by atoms with Gasteiger partial charge in [0.2, 0.25) is 0 Å². The molecule has 2 nitrogen and oxygen atoms in total. The Balaban J connectivity index is 1.77. The Morgan fingerprint density at radius 2 is 1.47 bits per heavy atom. The fourth-order valence-electron chi connectivity index (χ4n) is 6.50. The molecule has 6 rings (SSSR count). The third-order valence-electron chi connectivity index (χ3n) is 8.06. The number of aromatic nitrogens is 2. The van der Waals surface area contributed by atoms with Crippen LogP contribution in [0.15, 0.2) is 78.9 Å². The molecule has 160 valence electrons. The number of hydrogen-bond acceptors (Lipinski definition) is 0. The van der Waals surface area contributed by atoms with Crippen molar-refractivity contribution in [2.45, 2.75) is 52.0 Å². The van der Waals surface area contributed by atoms with Gasteiger partial charge in [-0.3, -0.25) is 0 Å². The maximum absolute atomic E-state index is 2.71. The van der Waals surface area contributed by atoms with Crippen LogP contribution in [0.5, 0.6) is 0 Å². The van der Waals surface area contributed by atoms with Crippen LogP contribution < -0.4 is 4.57 Å². The minimum atomic E-state index is -0.0354. The number of nitrogens with zero attached hydrogens (tertiary/aromatic N) is 2.